The number of halogens is 2. The van der Waals surface area contributed by atoms with Crippen LogP contribution in [0, 0.1) is 11.2 Å². The molecule has 1 saturated heterocycles. The first-order chi connectivity index (χ1) is 8.22. The summed E-state index contributed by atoms with van der Waals surface area (Å²) < 4.78 is 13.8. The lowest BCUT2D eigenvalue weighted by molar-refractivity contribution is 0.382. The third-order valence-electron chi connectivity index (χ3n) is 4.22. The fraction of sp³-hybridized carbons (Fsp3) is 0.615. The van der Waals surface area contributed by atoms with Crippen LogP contribution in [0.1, 0.15) is 31.4 Å². The van der Waals surface area contributed by atoms with Gasteiger partial charge in [-0.25, -0.2) is 4.39 Å². The first-order valence-electron chi connectivity index (χ1n) is 6.32. The molecule has 1 aromatic rings. The second-order valence-corrected chi connectivity index (χ2v) is 5.32. The van der Waals surface area contributed by atoms with Gasteiger partial charge in [0, 0.05) is 19.6 Å². The van der Waals surface area contributed by atoms with Crippen LogP contribution in [0.2, 0.25) is 0 Å². The molecule has 18 heavy (non-hydrogen) atoms. The summed E-state index contributed by atoms with van der Waals surface area (Å²) in [5, 5.41) is 0. The van der Waals surface area contributed by atoms with E-state index in [0.717, 1.165) is 18.8 Å². The summed E-state index contributed by atoms with van der Waals surface area (Å²) in [4.78, 5) is 6.11. The highest BCUT2D eigenvalue weighted by Gasteiger charge is 2.44. The van der Waals surface area contributed by atoms with Crippen LogP contribution in [0.15, 0.2) is 12.3 Å². The predicted molar refractivity (Wildman–Crippen MR) is 72.4 cm³/mol. The van der Waals surface area contributed by atoms with Gasteiger partial charge in [-0.1, -0.05) is 0 Å². The Morgan fingerprint density at radius 2 is 1.94 bits per heavy atom. The maximum absolute atomic E-state index is 13.8. The van der Waals surface area contributed by atoms with Crippen LogP contribution >= 0.6 is 12.4 Å². The van der Waals surface area contributed by atoms with E-state index in [9.17, 15) is 4.39 Å². The van der Waals surface area contributed by atoms with E-state index in [0.29, 0.717) is 17.6 Å². The van der Waals surface area contributed by atoms with Gasteiger partial charge in [0.2, 0.25) is 0 Å². The number of piperidine rings is 1. The molecule has 1 aliphatic heterocycles. The highest BCUT2D eigenvalue weighted by molar-refractivity contribution is 5.85. The van der Waals surface area contributed by atoms with Crippen molar-refractivity contribution >= 4 is 18.1 Å². The number of nitrogens with two attached hydrogens (primary N) is 1. The topological polar surface area (TPSA) is 42.1 Å². The Morgan fingerprint density at radius 1 is 1.28 bits per heavy atom. The first-order valence-corrected chi connectivity index (χ1v) is 6.32. The number of rotatable bonds is 2. The van der Waals surface area contributed by atoms with Crippen LogP contribution in [0.25, 0.3) is 0 Å². The van der Waals surface area contributed by atoms with Crippen molar-refractivity contribution in [3.63, 3.8) is 0 Å². The van der Waals surface area contributed by atoms with Crippen molar-refractivity contribution < 1.29 is 4.39 Å². The van der Waals surface area contributed by atoms with Gasteiger partial charge in [0.1, 0.15) is 0 Å². The van der Waals surface area contributed by atoms with Crippen LogP contribution in [0.3, 0.4) is 0 Å². The average molecular weight is 272 g/mol. The van der Waals surface area contributed by atoms with Gasteiger partial charge in [-0.15, -0.1) is 12.4 Å². The van der Waals surface area contributed by atoms with E-state index in [1.165, 1.54) is 31.9 Å². The molecule has 1 aliphatic carbocycles. The minimum atomic E-state index is -0.228. The van der Waals surface area contributed by atoms with Crippen LogP contribution in [0.4, 0.5) is 10.1 Å². The summed E-state index contributed by atoms with van der Waals surface area (Å²) in [5.41, 5.74) is 7.60. The molecule has 0 bridgehead atoms. The van der Waals surface area contributed by atoms with E-state index in [1.807, 2.05) is 0 Å². The Kier molecular flexibility index (Phi) is 3.78. The molecule has 0 amide bonds. The fourth-order valence-electron chi connectivity index (χ4n) is 2.72. The van der Waals surface area contributed by atoms with Gasteiger partial charge in [-0.05, 0) is 37.2 Å². The molecular weight excluding hydrogens is 253 g/mol. The monoisotopic (exact) mass is 271 g/mol. The SMILES string of the molecule is Cl.NCc1cc(N2CCC3(CC2)CC3)c(F)cn1. The number of hydrogen-bond donors (Lipinski definition) is 1. The third-order valence-corrected chi connectivity index (χ3v) is 4.22. The molecule has 0 aromatic carbocycles. The van der Waals surface area contributed by atoms with Gasteiger partial charge in [0.05, 0.1) is 17.6 Å². The lowest BCUT2D eigenvalue weighted by Crippen LogP contribution is -2.35. The molecule has 2 fully saturated rings. The second kappa shape index (κ2) is 5.02. The van der Waals surface area contributed by atoms with E-state index in [2.05, 4.69) is 9.88 Å². The van der Waals surface area contributed by atoms with Crippen molar-refractivity contribution in [3.8, 4) is 0 Å². The molecule has 3 nitrogen and oxygen atoms in total. The highest BCUT2D eigenvalue weighted by Crippen LogP contribution is 2.53. The number of hydrogen-bond acceptors (Lipinski definition) is 3. The van der Waals surface area contributed by atoms with E-state index in [1.54, 1.807) is 6.07 Å². The molecule has 2 heterocycles. The minimum absolute atomic E-state index is 0. The van der Waals surface area contributed by atoms with Crippen LogP contribution in [-0.4, -0.2) is 18.1 Å². The van der Waals surface area contributed by atoms with Crippen LogP contribution in [-0.2, 0) is 6.54 Å². The van der Waals surface area contributed by atoms with Crippen molar-refractivity contribution in [1.82, 2.24) is 4.98 Å². The predicted octanol–water partition coefficient (Wildman–Crippen LogP) is 2.48. The average Bonchev–Trinajstić information content (AvgIpc) is 3.11. The van der Waals surface area contributed by atoms with Gasteiger partial charge in [0.15, 0.2) is 5.82 Å². The maximum Gasteiger partial charge on any atom is 0.164 e. The summed E-state index contributed by atoms with van der Waals surface area (Å²) in [6, 6.07) is 1.79. The molecule has 5 heteroatoms. The van der Waals surface area contributed by atoms with Crippen molar-refractivity contribution in [2.45, 2.75) is 32.2 Å². The quantitative estimate of drug-likeness (QED) is 0.899. The molecule has 1 aromatic heterocycles. The van der Waals surface area contributed by atoms with Crippen molar-refractivity contribution in [2.75, 3.05) is 18.0 Å². The molecule has 2 aliphatic rings. The Morgan fingerprint density at radius 3 is 2.50 bits per heavy atom. The Hall–Kier alpha value is -0.870. The van der Waals surface area contributed by atoms with Crippen molar-refractivity contribution in [3.05, 3.63) is 23.8 Å². The Bertz CT molecular complexity index is 424. The van der Waals surface area contributed by atoms with E-state index < -0.39 is 0 Å². The van der Waals surface area contributed by atoms with Gasteiger partial charge in [0.25, 0.3) is 0 Å². The number of nitrogens with zero attached hydrogens (tertiary/aromatic N) is 2. The zero-order valence-corrected chi connectivity index (χ0v) is 11.2. The molecule has 100 valence electrons. The van der Waals surface area contributed by atoms with Gasteiger partial charge < -0.3 is 10.6 Å². The minimum Gasteiger partial charge on any atom is -0.369 e. The molecular formula is C13H19ClFN3. The normalized spacial score (nSPS) is 20.7. The number of pyridine rings is 1. The van der Waals surface area contributed by atoms with E-state index in [4.69, 9.17) is 5.73 Å². The zero-order chi connectivity index (χ0) is 11.9. The molecule has 2 N–H and O–H groups in total. The summed E-state index contributed by atoms with van der Waals surface area (Å²) in [5.74, 6) is -0.228. The second-order valence-electron chi connectivity index (χ2n) is 5.32. The summed E-state index contributed by atoms with van der Waals surface area (Å²) in [6.45, 7) is 2.29. The van der Waals surface area contributed by atoms with Crippen molar-refractivity contribution in [1.29, 1.82) is 0 Å². The molecule has 0 atom stereocenters. The largest absolute Gasteiger partial charge is 0.369 e. The first kappa shape index (κ1) is 13.6. The summed E-state index contributed by atoms with van der Waals surface area (Å²) in [7, 11) is 0. The molecule has 1 saturated carbocycles. The standard InChI is InChI=1S/C13H18FN3.ClH/c14-11-9-16-10(8-15)7-12(11)17-5-3-13(1-2-13)4-6-17;/h7,9H,1-6,8,15H2;1H. The van der Waals surface area contributed by atoms with Gasteiger partial charge >= 0.3 is 0 Å². The Balaban J connectivity index is 0.00000120. The van der Waals surface area contributed by atoms with Gasteiger partial charge in [-0.2, -0.15) is 0 Å². The number of aromatic nitrogens is 1. The lowest BCUT2D eigenvalue weighted by Gasteiger charge is -2.34. The molecule has 1 spiro atoms. The highest BCUT2D eigenvalue weighted by atomic mass is 35.5. The smallest absolute Gasteiger partial charge is 0.164 e. The molecule has 0 unspecified atom stereocenters. The van der Waals surface area contributed by atoms with E-state index in [-0.39, 0.29) is 18.2 Å². The van der Waals surface area contributed by atoms with Crippen molar-refractivity contribution in [2.24, 2.45) is 11.1 Å². The zero-order valence-electron chi connectivity index (χ0n) is 10.4. The summed E-state index contributed by atoms with van der Waals surface area (Å²) in [6.07, 6.45) is 6.43. The molecule has 0 radical (unpaired) electrons. The number of anilines is 1. The van der Waals surface area contributed by atoms with E-state index >= 15 is 0 Å². The lowest BCUT2D eigenvalue weighted by atomic mass is 9.93. The fourth-order valence-corrected chi connectivity index (χ4v) is 2.72. The molecule has 3 rings (SSSR count). The maximum atomic E-state index is 13.8. The summed E-state index contributed by atoms with van der Waals surface area (Å²) >= 11 is 0. The Labute approximate surface area is 113 Å². The van der Waals surface area contributed by atoms with Crippen LogP contribution < -0.4 is 10.6 Å². The van der Waals surface area contributed by atoms with Gasteiger partial charge in [-0.3, -0.25) is 4.98 Å². The van der Waals surface area contributed by atoms with Crippen LogP contribution in [0.5, 0.6) is 0 Å². The third kappa shape index (κ3) is 2.45.